The molecule has 0 fully saturated rings. The highest BCUT2D eigenvalue weighted by Gasteiger charge is 2.27. The predicted molar refractivity (Wildman–Crippen MR) is 70.4 cm³/mol. The molecule has 0 aliphatic heterocycles. The van der Waals surface area contributed by atoms with Crippen molar-refractivity contribution in [1.29, 1.82) is 0 Å². The van der Waals surface area contributed by atoms with E-state index < -0.39 is 12.8 Å². The van der Waals surface area contributed by atoms with Gasteiger partial charge in [-0.25, -0.2) is 0 Å². The second-order valence-corrected chi connectivity index (χ2v) is 5.75. The van der Waals surface area contributed by atoms with Crippen LogP contribution in [0, 0.1) is 6.92 Å². The van der Waals surface area contributed by atoms with Gasteiger partial charge in [0.15, 0.2) is 0 Å². The summed E-state index contributed by atoms with van der Waals surface area (Å²) in [5.41, 5.74) is 1.98. The highest BCUT2D eigenvalue weighted by molar-refractivity contribution is 5.16. The molecule has 1 rings (SSSR count). The molecular weight excluding hydrogens is 271 g/mol. The average Bonchev–Trinajstić information content (AvgIpc) is 2.61. The second kappa shape index (κ2) is 6.58. The topological polar surface area (TPSA) is 39.1 Å². The van der Waals surface area contributed by atoms with Crippen LogP contribution in [0.15, 0.2) is 6.20 Å². The Labute approximate surface area is 117 Å². The van der Waals surface area contributed by atoms with Gasteiger partial charge in [0.2, 0.25) is 0 Å². The summed E-state index contributed by atoms with van der Waals surface area (Å²) < 4.78 is 42.0. The van der Waals surface area contributed by atoms with E-state index in [-0.39, 0.29) is 12.1 Å². The van der Waals surface area contributed by atoms with Gasteiger partial charge in [0.25, 0.3) is 0 Å². The van der Waals surface area contributed by atoms with E-state index >= 15 is 0 Å². The third-order valence-corrected chi connectivity index (χ3v) is 2.73. The fourth-order valence-corrected chi connectivity index (χ4v) is 1.58. The van der Waals surface area contributed by atoms with E-state index in [0.29, 0.717) is 13.1 Å². The van der Waals surface area contributed by atoms with E-state index in [4.69, 9.17) is 0 Å². The molecule has 0 saturated heterocycles. The second-order valence-electron chi connectivity index (χ2n) is 5.75. The SMILES string of the molecule is Cc1c(CNC(C)(C)C)cnn1CCOCC(F)(F)F. The molecule has 4 nitrogen and oxygen atoms in total. The number of nitrogens with one attached hydrogen (secondary N) is 1. The first kappa shape index (κ1) is 17.0. The van der Waals surface area contributed by atoms with Crippen LogP contribution in [0.5, 0.6) is 0 Å². The van der Waals surface area contributed by atoms with E-state index in [9.17, 15) is 13.2 Å². The summed E-state index contributed by atoms with van der Waals surface area (Å²) in [7, 11) is 0. The summed E-state index contributed by atoms with van der Waals surface area (Å²) in [4.78, 5) is 0. The predicted octanol–water partition coefficient (Wildman–Crippen LogP) is 2.66. The lowest BCUT2D eigenvalue weighted by molar-refractivity contribution is -0.174. The van der Waals surface area contributed by atoms with Crippen LogP contribution in [0.2, 0.25) is 0 Å². The lowest BCUT2D eigenvalue weighted by Gasteiger charge is -2.20. The van der Waals surface area contributed by atoms with Crippen LogP contribution in [0.4, 0.5) is 13.2 Å². The highest BCUT2D eigenvalue weighted by Crippen LogP contribution is 2.14. The number of hydrogen-bond donors (Lipinski definition) is 1. The smallest absolute Gasteiger partial charge is 0.370 e. The molecule has 0 spiro atoms. The van der Waals surface area contributed by atoms with Gasteiger partial charge in [-0.15, -0.1) is 0 Å². The van der Waals surface area contributed by atoms with Crippen LogP contribution in [0.3, 0.4) is 0 Å². The summed E-state index contributed by atoms with van der Waals surface area (Å²) in [6, 6.07) is 0. The van der Waals surface area contributed by atoms with Crippen molar-refractivity contribution in [2.24, 2.45) is 0 Å². The van der Waals surface area contributed by atoms with Gasteiger partial charge in [0.1, 0.15) is 6.61 Å². The van der Waals surface area contributed by atoms with E-state index in [1.165, 1.54) is 0 Å². The van der Waals surface area contributed by atoms with Crippen molar-refractivity contribution in [2.45, 2.75) is 52.5 Å². The van der Waals surface area contributed by atoms with Crippen LogP contribution < -0.4 is 5.32 Å². The van der Waals surface area contributed by atoms with Crippen LogP contribution in [-0.2, 0) is 17.8 Å². The Balaban J connectivity index is 2.43. The van der Waals surface area contributed by atoms with Crippen molar-refractivity contribution in [1.82, 2.24) is 15.1 Å². The molecule has 1 heterocycles. The van der Waals surface area contributed by atoms with Crippen molar-refractivity contribution in [2.75, 3.05) is 13.2 Å². The average molecular weight is 293 g/mol. The van der Waals surface area contributed by atoms with Gasteiger partial charge in [-0.05, 0) is 27.7 Å². The Hall–Kier alpha value is -1.08. The Morgan fingerprint density at radius 1 is 1.30 bits per heavy atom. The number of hydrogen-bond acceptors (Lipinski definition) is 3. The number of alkyl halides is 3. The molecule has 0 unspecified atom stereocenters. The number of halogens is 3. The zero-order valence-corrected chi connectivity index (χ0v) is 12.3. The minimum Gasteiger partial charge on any atom is -0.370 e. The van der Waals surface area contributed by atoms with Crippen molar-refractivity contribution in [3.05, 3.63) is 17.5 Å². The van der Waals surface area contributed by atoms with E-state index in [0.717, 1.165) is 11.3 Å². The zero-order chi connectivity index (χ0) is 15.4. The largest absolute Gasteiger partial charge is 0.411 e. The van der Waals surface area contributed by atoms with Gasteiger partial charge >= 0.3 is 6.18 Å². The molecule has 0 aromatic carbocycles. The minimum atomic E-state index is -4.28. The molecule has 0 amide bonds. The number of ether oxygens (including phenoxy) is 1. The van der Waals surface area contributed by atoms with Crippen molar-refractivity contribution in [3.63, 3.8) is 0 Å². The van der Waals surface area contributed by atoms with Gasteiger partial charge in [0.05, 0.1) is 19.3 Å². The number of nitrogens with zero attached hydrogens (tertiary/aromatic N) is 2. The van der Waals surface area contributed by atoms with E-state index in [1.54, 1.807) is 10.9 Å². The Morgan fingerprint density at radius 2 is 1.95 bits per heavy atom. The first-order chi connectivity index (χ1) is 9.08. The van der Waals surface area contributed by atoms with Crippen LogP contribution in [0.25, 0.3) is 0 Å². The first-order valence-corrected chi connectivity index (χ1v) is 6.49. The Bertz CT molecular complexity index is 421. The zero-order valence-electron chi connectivity index (χ0n) is 12.3. The summed E-state index contributed by atoms with van der Waals surface area (Å²) in [5, 5.41) is 7.51. The monoisotopic (exact) mass is 293 g/mol. The number of rotatable bonds is 6. The normalized spacial score (nSPS) is 12.9. The molecule has 1 aromatic rings. The molecule has 0 saturated carbocycles. The molecule has 0 aliphatic rings. The van der Waals surface area contributed by atoms with Gasteiger partial charge in [-0.3, -0.25) is 4.68 Å². The maximum Gasteiger partial charge on any atom is 0.411 e. The highest BCUT2D eigenvalue weighted by atomic mass is 19.4. The summed E-state index contributed by atoms with van der Waals surface area (Å²) >= 11 is 0. The minimum absolute atomic E-state index is 0.00433. The van der Waals surface area contributed by atoms with Crippen LogP contribution in [0.1, 0.15) is 32.0 Å². The number of aromatic nitrogens is 2. The Morgan fingerprint density at radius 3 is 2.50 bits per heavy atom. The van der Waals surface area contributed by atoms with E-state index in [1.807, 2.05) is 6.92 Å². The van der Waals surface area contributed by atoms with Crippen molar-refractivity contribution < 1.29 is 17.9 Å². The molecule has 0 atom stereocenters. The van der Waals surface area contributed by atoms with Crippen LogP contribution >= 0.6 is 0 Å². The third-order valence-electron chi connectivity index (χ3n) is 2.73. The molecule has 0 radical (unpaired) electrons. The first-order valence-electron chi connectivity index (χ1n) is 6.49. The van der Waals surface area contributed by atoms with E-state index in [2.05, 4.69) is 35.9 Å². The maximum absolute atomic E-state index is 11.9. The van der Waals surface area contributed by atoms with Crippen LogP contribution in [-0.4, -0.2) is 34.7 Å². The van der Waals surface area contributed by atoms with Gasteiger partial charge < -0.3 is 10.1 Å². The molecule has 0 bridgehead atoms. The van der Waals surface area contributed by atoms with Gasteiger partial charge in [0, 0.05) is 23.3 Å². The molecule has 20 heavy (non-hydrogen) atoms. The molecule has 1 N–H and O–H groups in total. The summed E-state index contributed by atoms with van der Waals surface area (Å²) in [5.74, 6) is 0. The van der Waals surface area contributed by atoms with Gasteiger partial charge in [-0.1, -0.05) is 0 Å². The van der Waals surface area contributed by atoms with Crippen molar-refractivity contribution >= 4 is 0 Å². The Kier molecular flexibility index (Phi) is 5.59. The fourth-order valence-electron chi connectivity index (χ4n) is 1.58. The quantitative estimate of drug-likeness (QED) is 0.820. The summed E-state index contributed by atoms with van der Waals surface area (Å²) in [6.45, 7) is 7.87. The van der Waals surface area contributed by atoms with Gasteiger partial charge in [-0.2, -0.15) is 18.3 Å². The molecule has 0 aliphatic carbocycles. The lowest BCUT2D eigenvalue weighted by Crippen LogP contribution is -2.35. The maximum atomic E-state index is 11.9. The lowest BCUT2D eigenvalue weighted by atomic mass is 10.1. The third kappa shape index (κ3) is 6.38. The molecular formula is C13H22F3N3O. The fraction of sp³-hybridized carbons (Fsp3) is 0.769. The molecule has 1 aromatic heterocycles. The summed E-state index contributed by atoms with van der Waals surface area (Å²) in [6.07, 6.45) is -2.54. The van der Waals surface area contributed by atoms with Crippen molar-refractivity contribution in [3.8, 4) is 0 Å². The standard InChI is InChI=1S/C13H22F3N3O/c1-10-11(7-17-12(2,3)4)8-18-19(10)5-6-20-9-13(14,15)16/h8,17H,5-7,9H2,1-4H3. The molecule has 7 heteroatoms. The molecule has 116 valence electrons.